The summed E-state index contributed by atoms with van der Waals surface area (Å²) in [5.41, 5.74) is 1.10. The van der Waals surface area contributed by atoms with E-state index in [-0.39, 0.29) is 5.78 Å². The molecular formula is C9H6BrNO2. The van der Waals surface area contributed by atoms with Gasteiger partial charge in [-0.25, -0.2) is 4.79 Å². The SMILES string of the molecule is O=C=Nc1ccc(C(=O)CBr)cc1. The predicted octanol–water partition coefficient (Wildman–Crippen LogP) is 2.23. The number of isocyanates is 1. The van der Waals surface area contributed by atoms with Crippen molar-refractivity contribution in [2.75, 3.05) is 5.33 Å². The fourth-order valence-electron chi connectivity index (χ4n) is 0.852. The van der Waals surface area contributed by atoms with Crippen molar-refractivity contribution in [3.63, 3.8) is 0 Å². The third-order valence-electron chi connectivity index (χ3n) is 1.49. The van der Waals surface area contributed by atoms with Gasteiger partial charge in [0.1, 0.15) is 0 Å². The van der Waals surface area contributed by atoms with E-state index in [1.807, 2.05) is 0 Å². The van der Waals surface area contributed by atoms with Crippen LogP contribution in [0.1, 0.15) is 10.4 Å². The molecule has 0 heterocycles. The number of benzene rings is 1. The topological polar surface area (TPSA) is 46.5 Å². The molecule has 1 aromatic rings. The van der Waals surface area contributed by atoms with Crippen molar-refractivity contribution in [2.24, 2.45) is 4.99 Å². The third kappa shape index (κ3) is 2.61. The van der Waals surface area contributed by atoms with E-state index in [9.17, 15) is 9.59 Å². The highest BCUT2D eigenvalue weighted by Gasteiger charge is 2.02. The van der Waals surface area contributed by atoms with Crippen molar-refractivity contribution in [1.82, 2.24) is 0 Å². The van der Waals surface area contributed by atoms with Crippen LogP contribution >= 0.6 is 15.9 Å². The maximum atomic E-state index is 11.1. The molecule has 0 atom stereocenters. The molecule has 0 bridgehead atoms. The van der Waals surface area contributed by atoms with Gasteiger partial charge >= 0.3 is 0 Å². The molecule has 0 unspecified atom stereocenters. The first-order valence-corrected chi connectivity index (χ1v) is 4.67. The van der Waals surface area contributed by atoms with Crippen molar-refractivity contribution in [2.45, 2.75) is 0 Å². The molecule has 0 aliphatic carbocycles. The van der Waals surface area contributed by atoms with Gasteiger partial charge in [0.2, 0.25) is 6.08 Å². The summed E-state index contributed by atoms with van der Waals surface area (Å²) >= 11 is 3.07. The highest BCUT2D eigenvalue weighted by atomic mass is 79.9. The van der Waals surface area contributed by atoms with Crippen molar-refractivity contribution >= 4 is 33.5 Å². The number of alkyl halides is 1. The molecule has 1 rings (SSSR count). The Morgan fingerprint density at radius 2 is 2.00 bits per heavy atom. The van der Waals surface area contributed by atoms with Crippen LogP contribution in [0.2, 0.25) is 0 Å². The Hall–Kier alpha value is -1.25. The Morgan fingerprint density at radius 1 is 1.38 bits per heavy atom. The third-order valence-corrected chi connectivity index (χ3v) is 1.99. The minimum atomic E-state index is 0.00151. The highest BCUT2D eigenvalue weighted by Crippen LogP contribution is 2.12. The van der Waals surface area contributed by atoms with Gasteiger partial charge in [-0.05, 0) is 24.3 Å². The first-order valence-electron chi connectivity index (χ1n) is 3.55. The van der Waals surface area contributed by atoms with Gasteiger partial charge in [-0.3, -0.25) is 4.79 Å². The van der Waals surface area contributed by atoms with Crippen LogP contribution in [-0.4, -0.2) is 17.2 Å². The Balaban J connectivity index is 2.93. The van der Waals surface area contributed by atoms with Crippen LogP contribution < -0.4 is 0 Å². The van der Waals surface area contributed by atoms with Gasteiger partial charge in [0, 0.05) is 5.56 Å². The van der Waals surface area contributed by atoms with Crippen molar-refractivity contribution < 1.29 is 9.59 Å². The summed E-state index contributed by atoms with van der Waals surface area (Å²) in [6.07, 6.45) is 1.43. The van der Waals surface area contributed by atoms with Gasteiger partial charge in [0.05, 0.1) is 11.0 Å². The molecule has 0 saturated heterocycles. The lowest BCUT2D eigenvalue weighted by Gasteiger charge is -1.95. The number of aliphatic imine (C=N–C) groups is 1. The summed E-state index contributed by atoms with van der Waals surface area (Å²) in [6.45, 7) is 0. The molecular weight excluding hydrogens is 234 g/mol. The molecule has 0 radical (unpaired) electrons. The molecule has 0 aliphatic heterocycles. The van der Waals surface area contributed by atoms with Crippen LogP contribution in [0.15, 0.2) is 29.3 Å². The van der Waals surface area contributed by atoms with Crippen molar-refractivity contribution in [1.29, 1.82) is 0 Å². The summed E-state index contributed by atoms with van der Waals surface area (Å²) in [5, 5.41) is 0.295. The van der Waals surface area contributed by atoms with Gasteiger partial charge in [0.25, 0.3) is 0 Å². The van der Waals surface area contributed by atoms with Gasteiger partial charge < -0.3 is 0 Å². The number of rotatable bonds is 3. The minimum absolute atomic E-state index is 0.00151. The van der Waals surface area contributed by atoms with E-state index >= 15 is 0 Å². The second-order valence-corrected chi connectivity index (χ2v) is 2.87. The summed E-state index contributed by atoms with van der Waals surface area (Å²) in [5.74, 6) is 0.00151. The van der Waals surface area contributed by atoms with E-state index in [0.717, 1.165) is 0 Å². The summed E-state index contributed by atoms with van der Waals surface area (Å²) in [4.78, 5) is 24.4. The van der Waals surface area contributed by atoms with Crippen LogP contribution in [0.3, 0.4) is 0 Å². The van der Waals surface area contributed by atoms with Gasteiger partial charge in [-0.1, -0.05) is 15.9 Å². The molecule has 66 valence electrons. The average molecular weight is 240 g/mol. The van der Waals surface area contributed by atoms with Crippen LogP contribution in [0.25, 0.3) is 0 Å². The number of carbonyl (C=O) groups excluding carboxylic acids is 2. The zero-order valence-corrected chi connectivity index (χ0v) is 8.24. The van der Waals surface area contributed by atoms with E-state index in [4.69, 9.17) is 0 Å². The van der Waals surface area contributed by atoms with Crippen LogP contribution in [-0.2, 0) is 4.79 Å². The minimum Gasteiger partial charge on any atom is -0.293 e. The lowest BCUT2D eigenvalue weighted by Crippen LogP contribution is -1.98. The monoisotopic (exact) mass is 239 g/mol. The fourth-order valence-corrected chi connectivity index (χ4v) is 1.18. The molecule has 0 aromatic heterocycles. The summed E-state index contributed by atoms with van der Waals surface area (Å²) < 4.78 is 0. The second-order valence-electron chi connectivity index (χ2n) is 2.31. The van der Waals surface area contributed by atoms with E-state index < -0.39 is 0 Å². The summed E-state index contributed by atoms with van der Waals surface area (Å²) in [6, 6.07) is 6.45. The number of hydrogen-bond donors (Lipinski definition) is 0. The number of halogens is 1. The number of nitrogens with zero attached hydrogens (tertiary/aromatic N) is 1. The van der Waals surface area contributed by atoms with Crippen molar-refractivity contribution in [3.05, 3.63) is 29.8 Å². The molecule has 3 nitrogen and oxygen atoms in total. The molecule has 0 fully saturated rings. The van der Waals surface area contributed by atoms with Gasteiger partial charge in [-0.2, -0.15) is 4.99 Å². The maximum Gasteiger partial charge on any atom is 0.240 e. The Kier molecular flexibility index (Phi) is 3.55. The standard InChI is InChI=1S/C9H6BrNO2/c10-5-9(13)7-1-3-8(4-2-7)11-6-12/h1-4H,5H2. The molecule has 0 N–H and O–H groups in total. The number of carbonyl (C=O) groups is 1. The maximum absolute atomic E-state index is 11.1. The number of Topliss-reactive ketones (excluding diaryl/α,β-unsaturated/α-hetero) is 1. The molecule has 0 aliphatic rings. The zero-order valence-electron chi connectivity index (χ0n) is 6.66. The smallest absolute Gasteiger partial charge is 0.240 e. The van der Waals surface area contributed by atoms with Crippen molar-refractivity contribution in [3.8, 4) is 0 Å². The average Bonchev–Trinajstić information content (AvgIpc) is 2.18. The van der Waals surface area contributed by atoms with Crippen LogP contribution in [0, 0.1) is 0 Å². The van der Waals surface area contributed by atoms with E-state index in [1.165, 1.54) is 6.08 Å². The molecule has 0 amide bonds. The molecule has 0 spiro atoms. The molecule has 13 heavy (non-hydrogen) atoms. The molecule has 4 heteroatoms. The van der Waals surface area contributed by atoms with E-state index in [0.29, 0.717) is 16.6 Å². The Labute approximate surface area is 83.6 Å². The number of hydrogen-bond acceptors (Lipinski definition) is 3. The Morgan fingerprint density at radius 3 is 2.46 bits per heavy atom. The first kappa shape index (κ1) is 9.84. The lowest BCUT2D eigenvalue weighted by molar-refractivity contribution is 0.102. The lowest BCUT2D eigenvalue weighted by atomic mass is 10.1. The van der Waals surface area contributed by atoms with E-state index in [1.54, 1.807) is 24.3 Å². The predicted molar refractivity (Wildman–Crippen MR) is 52.3 cm³/mol. The molecule has 0 saturated carbocycles. The first-order chi connectivity index (χ1) is 6.27. The molecule has 1 aromatic carbocycles. The Bertz CT molecular complexity index is 352. The quantitative estimate of drug-likeness (QED) is 0.352. The summed E-state index contributed by atoms with van der Waals surface area (Å²) in [7, 11) is 0. The highest BCUT2D eigenvalue weighted by molar-refractivity contribution is 9.09. The van der Waals surface area contributed by atoms with Crippen LogP contribution in [0.5, 0.6) is 0 Å². The van der Waals surface area contributed by atoms with Gasteiger partial charge in [-0.15, -0.1) is 0 Å². The normalized spacial score (nSPS) is 9.00. The number of ketones is 1. The van der Waals surface area contributed by atoms with Gasteiger partial charge in [0.15, 0.2) is 5.78 Å². The fraction of sp³-hybridized carbons (Fsp3) is 0.111. The zero-order chi connectivity index (χ0) is 9.68. The van der Waals surface area contributed by atoms with E-state index in [2.05, 4.69) is 20.9 Å². The second kappa shape index (κ2) is 4.70. The van der Waals surface area contributed by atoms with Crippen LogP contribution in [0.4, 0.5) is 5.69 Å². The largest absolute Gasteiger partial charge is 0.293 e.